The van der Waals surface area contributed by atoms with E-state index in [0.29, 0.717) is 16.9 Å². The fraction of sp³-hybridized carbons (Fsp3) is 1.00. The van der Waals surface area contributed by atoms with Crippen molar-refractivity contribution < 1.29 is 0 Å². The lowest BCUT2D eigenvalue weighted by Crippen LogP contribution is -2.56. The van der Waals surface area contributed by atoms with E-state index < -0.39 is 0 Å². The van der Waals surface area contributed by atoms with E-state index in [4.69, 9.17) is 0 Å². The van der Waals surface area contributed by atoms with Gasteiger partial charge in [0.2, 0.25) is 0 Å². The zero-order chi connectivity index (χ0) is 10.3. The Hall–Kier alpha value is -0.0400. The van der Waals surface area contributed by atoms with Gasteiger partial charge in [-0.25, -0.2) is 0 Å². The number of rotatable bonds is 1. The van der Waals surface area contributed by atoms with E-state index in [-0.39, 0.29) is 0 Å². The molecule has 78 valence electrons. The van der Waals surface area contributed by atoms with Crippen molar-refractivity contribution >= 4 is 0 Å². The fourth-order valence-corrected chi connectivity index (χ4v) is 2.99. The summed E-state index contributed by atoms with van der Waals surface area (Å²) in [6.07, 6.45) is 1.39. The van der Waals surface area contributed by atoms with Crippen LogP contribution in [0.25, 0.3) is 0 Å². The lowest BCUT2D eigenvalue weighted by atomic mass is 9.70. The maximum Gasteiger partial charge on any atom is 0.0192 e. The summed E-state index contributed by atoms with van der Waals surface area (Å²) in [5.41, 5.74) is 0.803. The molecule has 13 heavy (non-hydrogen) atoms. The molecule has 0 amide bonds. The molecule has 0 spiro atoms. The molecule has 0 unspecified atom stereocenters. The number of hydrogen-bond donors (Lipinski definition) is 0. The predicted molar refractivity (Wildman–Crippen MR) is 58.9 cm³/mol. The third-order valence-corrected chi connectivity index (χ3v) is 2.90. The van der Waals surface area contributed by atoms with Crippen LogP contribution in [0.15, 0.2) is 0 Å². The summed E-state index contributed by atoms with van der Waals surface area (Å²) in [5, 5.41) is 0. The Balaban J connectivity index is 2.76. The van der Waals surface area contributed by atoms with Gasteiger partial charge in [-0.05, 0) is 30.3 Å². The molecule has 0 bridgehead atoms. The normalized spacial score (nSPS) is 20.5. The average molecular weight is 183 g/mol. The van der Waals surface area contributed by atoms with Crippen molar-refractivity contribution in [2.75, 3.05) is 13.1 Å². The molecule has 1 aliphatic rings. The minimum absolute atomic E-state index is 0.401. The molecular weight excluding hydrogens is 158 g/mol. The van der Waals surface area contributed by atoms with E-state index in [1.807, 2.05) is 0 Å². The van der Waals surface area contributed by atoms with Crippen molar-refractivity contribution in [3.05, 3.63) is 0 Å². The van der Waals surface area contributed by atoms with E-state index in [0.717, 1.165) is 0 Å². The highest BCUT2D eigenvalue weighted by atomic mass is 15.2. The van der Waals surface area contributed by atoms with Crippen LogP contribution in [0.2, 0.25) is 0 Å². The molecular formula is C12H25N. The molecule has 1 fully saturated rings. The molecule has 1 rings (SSSR count). The highest BCUT2D eigenvalue weighted by molar-refractivity contribution is 4.94. The molecule has 0 aromatic carbocycles. The van der Waals surface area contributed by atoms with E-state index >= 15 is 0 Å². The van der Waals surface area contributed by atoms with Gasteiger partial charge in [-0.15, -0.1) is 0 Å². The van der Waals surface area contributed by atoms with Crippen molar-refractivity contribution in [3.63, 3.8) is 0 Å². The summed E-state index contributed by atoms with van der Waals surface area (Å²) in [5.74, 6) is 0. The first kappa shape index (κ1) is 11.0. The Morgan fingerprint density at radius 3 is 1.31 bits per heavy atom. The second-order valence-corrected chi connectivity index (χ2v) is 6.52. The van der Waals surface area contributed by atoms with Gasteiger partial charge in [0.25, 0.3) is 0 Å². The molecule has 1 heterocycles. The van der Waals surface area contributed by atoms with E-state index in [1.54, 1.807) is 0 Å². The summed E-state index contributed by atoms with van der Waals surface area (Å²) in [4.78, 5) is 2.64. The quantitative estimate of drug-likeness (QED) is 0.603. The minimum atomic E-state index is 0.401. The largest absolute Gasteiger partial charge is 0.299 e. The summed E-state index contributed by atoms with van der Waals surface area (Å²) < 4.78 is 0. The van der Waals surface area contributed by atoms with Crippen LogP contribution in [0.4, 0.5) is 0 Å². The van der Waals surface area contributed by atoms with Crippen molar-refractivity contribution in [1.82, 2.24) is 4.90 Å². The summed E-state index contributed by atoms with van der Waals surface area (Å²) in [6, 6.07) is 0.716. The Morgan fingerprint density at radius 2 is 1.23 bits per heavy atom. The highest BCUT2D eigenvalue weighted by Crippen LogP contribution is 2.39. The Morgan fingerprint density at radius 1 is 0.846 bits per heavy atom. The van der Waals surface area contributed by atoms with Gasteiger partial charge in [0, 0.05) is 6.04 Å². The maximum absolute atomic E-state index is 2.64. The van der Waals surface area contributed by atoms with Gasteiger partial charge in [0.05, 0.1) is 0 Å². The van der Waals surface area contributed by atoms with Crippen LogP contribution >= 0.6 is 0 Å². The summed E-state index contributed by atoms with van der Waals surface area (Å²) in [6.45, 7) is 16.8. The molecule has 1 aliphatic heterocycles. The fourth-order valence-electron chi connectivity index (χ4n) is 2.99. The molecule has 0 aliphatic carbocycles. The third-order valence-electron chi connectivity index (χ3n) is 2.90. The van der Waals surface area contributed by atoms with Crippen LogP contribution in [0.3, 0.4) is 0 Å². The molecule has 1 heteroatoms. The number of hydrogen-bond acceptors (Lipinski definition) is 1. The molecule has 0 atom stereocenters. The van der Waals surface area contributed by atoms with Gasteiger partial charge in [-0.2, -0.15) is 0 Å². The van der Waals surface area contributed by atoms with Crippen molar-refractivity contribution in [1.29, 1.82) is 0 Å². The molecule has 0 saturated carbocycles. The molecule has 0 N–H and O–H groups in total. The van der Waals surface area contributed by atoms with Crippen molar-refractivity contribution in [2.24, 2.45) is 10.8 Å². The van der Waals surface area contributed by atoms with Crippen LogP contribution in [0.1, 0.15) is 48.0 Å². The van der Waals surface area contributed by atoms with Crippen molar-refractivity contribution in [3.8, 4) is 0 Å². The monoisotopic (exact) mass is 183 g/mol. The molecule has 1 saturated heterocycles. The zero-order valence-electron chi connectivity index (χ0n) is 10.1. The SMILES string of the molecule is CC(C)(C)C(N1CCC1)C(C)(C)C. The van der Waals surface area contributed by atoms with Crippen LogP contribution in [-0.4, -0.2) is 24.0 Å². The van der Waals surface area contributed by atoms with E-state index in [1.165, 1.54) is 19.5 Å². The lowest BCUT2D eigenvalue weighted by molar-refractivity contribution is -0.0202. The molecule has 0 radical (unpaired) electrons. The van der Waals surface area contributed by atoms with Crippen LogP contribution in [0, 0.1) is 10.8 Å². The first-order valence-corrected chi connectivity index (χ1v) is 5.47. The van der Waals surface area contributed by atoms with Gasteiger partial charge in [-0.1, -0.05) is 41.5 Å². The number of likely N-dealkylation sites (tertiary alicyclic amines) is 1. The lowest BCUT2D eigenvalue weighted by Gasteiger charge is -2.51. The number of nitrogens with zero attached hydrogens (tertiary/aromatic N) is 1. The van der Waals surface area contributed by atoms with E-state index in [9.17, 15) is 0 Å². The van der Waals surface area contributed by atoms with Crippen LogP contribution in [-0.2, 0) is 0 Å². The highest BCUT2D eigenvalue weighted by Gasteiger charge is 2.40. The van der Waals surface area contributed by atoms with Gasteiger partial charge in [0.1, 0.15) is 0 Å². The second-order valence-electron chi connectivity index (χ2n) is 6.52. The standard InChI is InChI=1S/C12H25N/c1-11(2,3)10(12(4,5)6)13-8-7-9-13/h10H,7-9H2,1-6H3. The molecule has 0 aromatic heterocycles. The second kappa shape index (κ2) is 3.27. The zero-order valence-corrected chi connectivity index (χ0v) is 10.1. The first-order valence-electron chi connectivity index (χ1n) is 5.47. The summed E-state index contributed by atoms with van der Waals surface area (Å²) >= 11 is 0. The maximum atomic E-state index is 2.64. The summed E-state index contributed by atoms with van der Waals surface area (Å²) in [7, 11) is 0. The Labute approximate surface area is 83.5 Å². The van der Waals surface area contributed by atoms with Gasteiger partial charge < -0.3 is 0 Å². The smallest absolute Gasteiger partial charge is 0.0192 e. The van der Waals surface area contributed by atoms with Crippen LogP contribution in [0.5, 0.6) is 0 Å². The van der Waals surface area contributed by atoms with Gasteiger partial charge in [-0.3, -0.25) is 4.90 Å². The minimum Gasteiger partial charge on any atom is -0.299 e. The third kappa shape index (κ3) is 2.46. The Bertz CT molecular complexity index is 153. The van der Waals surface area contributed by atoms with Gasteiger partial charge >= 0.3 is 0 Å². The van der Waals surface area contributed by atoms with Gasteiger partial charge in [0.15, 0.2) is 0 Å². The first-order chi connectivity index (χ1) is 5.73. The molecule has 0 aromatic rings. The van der Waals surface area contributed by atoms with Crippen molar-refractivity contribution in [2.45, 2.75) is 54.0 Å². The average Bonchev–Trinajstić information content (AvgIpc) is 1.71. The van der Waals surface area contributed by atoms with E-state index in [2.05, 4.69) is 46.4 Å². The topological polar surface area (TPSA) is 3.24 Å². The van der Waals surface area contributed by atoms with Crippen LogP contribution < -0.4 is 0 Å². The Kier molecular flexibility index (Phi) is 2.78. The predicted octanol–water partition coefficient (Wildman–Crippen LogP) is 3.15. The molecule has 1 nitrogen and oxygen atoms in total.